The molecule has 6 nitrogen and oxygen atoms in total. The second-order valence-corrected chi connectivity index (χ2v) is 7.92. The number of aryl methyl sites for hydroxylation is 1. The predicted molar refractivity (Wildman–Crippen MR) is 123 cm³/mol. The van der Waals surface area contributed by atoms with Gasteiger partial charge in [-0.2, -0.15) is 0 Å². The average Bonchev–Trinajstić information content (AvgIpc) is 3.38. The molecule has 164 valence electrons. The number of benzene rings is 2. The smallest absolute Gasteiger partial charge is 0.278 e. The molecular formula is C25H23ClN2O4. The Morgan fingerprint density at radius 2 is 1.84 bits per heavy atom. The van der Waals surface area contributed by atoms with Gasteiger partial charge in [0.05, 0.1) is 25.0 Å². The van der Waals surface area contributed by atoms with Gasteiger partial charge in [0, 0.05) is 10.7 Å². The van der Waals surface area contributed by atoms with E-state index in [9.17, 15) is 9.59 Å². The topological polar surface area (TPSA) is 71.8 Å². The summed E-state index contributed by atoms with van der Waals surface area (Å²) in [4.78, 5) is 27.9. The van der Waals surface area contributed by atoms with Crippen molar-refractivity contribution in [3.05, 3.63) is 88.5 Å². The third-order valence-electron chi connectivity index (χ3n) is 5.14. The van der Waals surface area contributed by atoms with Gasteiger partial charge in [-0.1, -0.05) is 36.7 Å². The van der Waals surface area contributed by atoms with Crippen molar-refractivity contribution in [3.63, 3.8) is 0 Å². The van der Waals surface area contributed by atoms with Crippen molar-refractivity contribution in [1.29, 1.82) is 0 Å². The van der Waals surface area contributed by atoms with Crippen molar-refractivity contribution in [2.24, 2.45) is 0 Å². The van der Waals surface area contributed by atoms with Crippen molar-refractivity contribution in [2.45, 2.75) is 26.8 Å². The van der Waals surface area contributed by atoms with Crippen LogP contribution < -0.4 is 10.1 Å². The zero-order valence-corrected chi connectivity index (χ0v) is 18.6. The van der Waals surface area contributed by atoms with Gasteiger partial charge in [-0.15, -0.1) is 0 Å². The molecule has 1 aliphatic rings. The number of ether oxygens (including phenoxy) is 1. The van der Waals surface area contributed by atoms with Gasteiger partial charge >= 0.3 is 0 Å². The fourth-order valence-electron chi connectivity index (χ4n) is 3.46. The first-order chi connectivity index (χ1) is 15.5. The van der Waals surface area contributed by atoms with E-state index in [1.165, 1.54) is 11.2 Å². The maximum Gasteiger partial charge on any atom is 0.278 e. The van der Waals surface area contributed by atoms with E-state index in [4.69, 9.17) is 20.8 Å². The Bertz CT molecular complexity index is 1170. The van der Waals surface area contributed by atoms with E-state index in [0.717, 1.165) is 12.0 Å². The van der Waals surface area contributed by atoms with E-state index in [1.807, 2.05) is 19.9 Å². The van der Waals surface area contributed by atoms with Gasteiger partial charge in [0.2, 0.25) is 0 Å². The highest BCUT2D eigenvalue weighted by atomic mass is 35.5. The lowest BCUT2D eigenvalue weighted by Crippen LogP contribution is -2.31. The number of carbonyl (C=O) groups excluding carboxylic acids is 2. The van der Waals surface area contributed by atoms with Crippen LogP contribution in [0.3, 0.4) is 0 Å². The zero-order chi connectivity index (χ0) is 22.7. The van der Waals surface area contributed by atoms with Gasteiger partial charge < -0.3 is 14.5 Å². The van der Waals surface area contributed by atoms with E-state index in [0.29, 0.717) is 40.0 Å². The molecule has 2 amide bonds. The highest BCUT2D eigenvalue weighted by Crippen LogP contribution is 2.33. The lowest BCUT2D eigenvalue weighted by atomic mass is 10.0. The molecule has 0 unspecified atom stereocenters. The molecule has 0 saturated carbocycles. The number of hydrogen-bond acceptors (Lipinski definition) is 5. The number of halogens is 1. The molecule has 32 heavy (non-hydrogen) atoms. The van der Waals surface area contributed by atoms with Crippen LogP contribution in [0, 0.1) is 6.92 Å². The summed E-state index contributed by atoms with van der Waals surface area (Å²) in [5, 5.41) is 3.69. The van der Waals surface area contributed by atoms with Crippen LogP contribution in [0.15, 0.2) is 71.0 Å². The summed E-state index contributed by atoms with van der Waals surface area (Å²) in [5.74, 6) is 0.415. The molecular weight excluding hydrogens is 428 g/mol. The molecule has 1 aromatic heterocycles. The lowest BCUT2D eigenvalue weighted by Gasteiger charge is -2.14. The number of rotatable bonds is 8. The third-order valence-corrected chi connectivity index (χ3v) is 5.37. The molecule has 2 aromatic carbocycles. The summed E-state index contributed by atoms with van der Waals surface area (Å²) in [5.41, 5.74) is 2.68. The molecule has 0 radical (unpaired) electrons. The fraction of sp³-hybridized carbons (Fsp3) is 0.200. The Morgan fingerprint density at radius 1 is 1.06 bits per heavy atom. The third kappa shape index (κ3) is 4.41. The maximum absolute atomic E-state index is 13.4. The van der Waals surface area contributed by atoms with Crippen molar-refractivity contribution in [3.8, 4) is 5.75 Å². The Hall–Kier alpha value is -3.51. The van der Waals surface area contributed by atoms with Crippen molar-refractivity contribution in [1.82, 2.24) is 4.90 Å². The van der Waals surface area contributed by atoms with Gasteiger partial charge in [0.1, 0.15) is 17.2 Å². The number of carbonyl (C=O) groups is 2. The largest absolute Gasteiger partial charge is 0.494 e. The highest BCUT2D eigenvalue weighted by Gasteiger charge is 2.39. The SMILES string of the molecule is CCCOc1ccc(C2=C(Nc3cc(Cl)ccc3C)C(=O)N(Cc3ccco3)C2=O)cc1. The second kappa shape index (κ2) is 9.32. The number of nitrogens with zero attached hydrogens (tertiary/aromatic N) is 1. The molecule has 0 fully saturated rings. The summed E-state index contributed by atoms with van der Waals surface area (Å²) < 4.78 is 11.0. The first-order valence-corrected chi connectivity index (χ1v) is 10.7. The van der Waals surface area contributed by atoms with Crippen LogP contribution >= 0.6 is 11.6 Å². The van der Waals surface area contributed by atoms with Crippen LogP contribution in [0.2, 0.25) is 5.02 Å². The van der Waals surface area contributed by atoms with E-state index in [-0.39, 0.29) is 12.2 Å². The summed E-state index contributed by atoms with van der Waals surface area (Å²) in [6, 6.07) is 16.0. The first kappa shape index (κ1) is 21.7. The highest BCUT2D eigenvalue weighted by molar-refractivity contribution is 6.36. The molecule has 2 heterocycles. The number of nitrogens with one attached hydrogen (secondary N) is 1. The molecule has 4 rings (SSSR count). The van der Waals surface area contributed by atoms with Crippen LogP contribution in [-0.2, 0) is 16.1 Å². The van der Waals surface area contributed by atoms with Crippen molar-refractivity contribution >= 4 is 34.7 Å². The minimum absolute atomic E-state index is 0.0472. The Kier molecular flexibility index (Phi) is 6.32. The summed E-state index contributed by atoms with van der Waals surface area (Å²) in [6.07, 6.45) is 2.41. The molecule has 0 saturated heterocycles. The van der Waals surface area contributed by atoms with E-state index >= 15 is 0 Å². The van der Waals surface area contributed by atoms with Crippen LogP contribution in [0.5, 0.6) is 5.75 Å². The van der Waals surface area contributed by atoms with Gasteiger partial charge in [0.15, 0.2) is 0 Å². The molecule has 0 atom stereocenters. The Morgan fingerprint density at radius 3 is 2.53 bits per heavy atom. The number of hydrogen-bond donors (Lipinski definition) is 1. The number of imide groups is 1. The fourth-order valence-corrected chi connectivity index (χ4v) is 3.64. The number of anilines is 1. The molecule has 0 spiro atoms. The van der Waals surface area contributed by atoms with E-state index < -0.39 is 11.8 Å². The molecule has 7 heteroatoms. The summed E-state index contributed by atoms with van der Waals surface area (Å²) >= 11 is 6.16. The lowest BCUT2D eigenvalue weighted by molar-refractivity contribution is -0.137. The molecule has 0 bridgehead atoms. The Balaban J connectivity index is 1.73. The summed E-state index contributed by atoms with van der Waals surface area (Å²) in [6.45, 7) is 4.59. The monoisotopic (exact) mass is 450 g/mol. The predicted octanol–water partition coefficient (Wildman–Crippen LogP) is 5.42. The standard InChI is InChI=1S/C25H23ClN2O4/c1-3-12-31-19-10-7-17(8-11-19)22-23(27-21-14-18(26)9-6-16(21)2)25(30)28(24(22)29)15-20-5-4-13-32-20/h4-11,13-14,27H,3,12,15H2,1-2H3. The molecule has 0 aliphatic carbocycles. The van der Waals surface area contributed by atoms with E-state index in [1.54, 1.807) is 48.5 Å². The van der Waals surface area contributed by atoms with Gasteiger partial charge in [-0.3, -0.25) is 14.5 Å². The van der Waals surface area contributed by atoms with Gasteiger partial charge in [0.25, 0.3) is 11.8 Å². The van der Waals surface area contributed by atoms with Crippen LogP contribution in [0.25, 0.3) is 5.57 Å². The average molecular weight is 451 g/mol. The minimum Gasteiger partial charge on any atom is -0.494 e. The molecule has 1 N–H and O–H groups in total. The van der Waals surface area contributed by atoms with Crippen molar-refractivity contribution < 1.29 is 18.7 Å². The Labute approximate surface area is 191 Å². The first-order valence-electron chi connectivity index (χ1n) is 10.4. The van der Waals surface area contributed by atoms with Crippen molar-refractivity contribution in [2.75, 3.05) is 11.9 Å². The second-order valence-electron chi connectivity index (χ2n) is 7.48. The van der Waals surface area contributed by atoms with E-state index in [2.05, 4.69) is 5.32 Å². The quantitative estimate of drug-likeness (QED) is 0.464. The van der Waals surface area contributed by atoms with Crippen LogP contribution in [0.4, 0.5) is 5.69 Å². The minimum atomic E-state index is -0.424. The molecule has 1 aliphatic heterocycles. The zero-order valence-electron chi connectivity index (χ0n) is 17.9. The molecule has 3 aromatic rings. The van der Waals surface area contributed by atoms with Gasteiger partial charge in [-0.25, -0.2) is 0 Å². The normalized spacial score (nSPS) is 13.8. The number of furan rings is 1. The summed E-state index contributed by atoms with van der Waals surface area (Å²) in [7, 11) is 0. The van der Waals surface area contributed by atoms with Crippen LogP contribution in [0.1, 0.15) is 30.2 Å². The van der Waals surface area contributed by atoms with Crippen LogP contribution in [-0.4, -0.2) is 23.3 Å². The maximum atomic E-state index is 13.4. The van der Waals surface area contributed by atoms with Gasteiger partial charge in [-0.05, 0) is 60.9 Å². The number of amides is 2.